The van der Waals surface area contributed by atoms with Gasteiger partial charge in [-0.2, -0.15) is 9.40 Å². The van der Waals surface area contributed by atoms with Crippen LogP contribution in [0.1, 0.15) is 25.2 Å². The second-order valence-electron chi connectivity index (χ2n) is 7.08. The lowest BCUT2D eigenvalue weighted by molar-refractivity contribution is 0.446. The van der Waals surface area contributed by atoms with E-state index in [0.717, 1.165) is 25.3 Å². The normalized spacial score (nSPS) is 24.9. The number of nitrogens with zero attached hydrogens (tertiary/aromatic N) is 3. The molecule has 3 rings (SSSR count). The Hall–Kier alpha value is -0.630. The highest BCUT2D eigenvalue weighted by Gasteiger charge is 2.43. The van der Waals surface area contributed by atoms with Crippen LogP contribution in [0.5, 0.6) is 0 Å². The van der Waals surface area contributed by atoms with Crippen LogP contribution in [-0.2, 0) is 16.6 Å². The van der Waals surface area contributed by atoms with Gasteiger partial charge in [-0.1, -0.05) is 13.8 Å². The fourth-order valence-corrected chi connectivity index (χ4v) is 5.64. The smallest absolute Gasteiger partial charge is 0.246 e. The summed E-state index contributed by atoms with van der Waals surface area (Å²) in [6.07, 6.45) is 0. The van der Waals surface area contributed by atoms with Gasteiger partial charge in [0.25, 0.3) is 0 Å². The number of hydrogen-bond donors (Lipinski definition) is 1. The van der Waals surface area contributed by atoms with E-state index in [4.69, 9.17) is 0 Å². The van der Waals surface area contributed by atoms with Crippen LogP contribution in [0.2, 0.25) is 0 Å². The van der Waals surface area contributed by atoms with Crippen molar-refractivity contribution in [3.05, 3.63) is 11.4 Å². The van der Waals surface area contributed by atoms with E-state index in [9.17, 15) is 8.42 Å². The molecule has 3 heterocycles. The van der Waals surface area contributed by atoms with Crippen molar-refractivity contribution in [2.24, 2.45) is 17.8 Å². The Morgan fingerprint density at radius 2 is 1.78 bits per heavy atom. The minimum Gasteiger partial charge on any atom is -0.316 e. The number of nitrogens with one attached hydrogen (secondary N) is 1. The number of fused-ring (bicyclic) bond motifs is 1. The standard InChI is InChI=1S/C15H26N4O2S.ClH/c1-10(2)7-19-12(4)15(11(3)17-19)22(20,21)18-8-13-5-16-6-14(13)9-18;/h10,13-14,16H,5-9H2,1-4H3;1H/t13-,14+;. The predicted octanol–water partition coefficient (Wildman–Crippen LogP) is 1.42. The average Bonchev–Trinajstić information content (AvgIpc) is 3.03. The summed E-state index contributed by atoms with van der Waals surface area (Å²) >= 11 is 0. The van der Waals surface area contributed by atoms with Crippen LogP contribution in [0, 0.1) is 31.6 Å². The lowest BCUT2D eigenvalue weighted by Gasteiger charge is -2.18. The molecular formula is C15H27ClN4O2S. The highest BCUT2D eigenvalue weighted by atomic mass is 35.5. The zero-order valence-corrected chi connectivity index (χ0v) is 15.9. The van der Waals surface area contributed by atoms with Gasteiger partial charge in [0.15, 0.2) is 0 Å². The highest BCUT2D eigenvalue weighted by molar-refractivity contribution is 7.89. The second kappa shape index (κ2) is 6.70. The third-order valence-electron chi connectivity index (χ3n) is 4.81. The maximum absolute atomic E-state index is 13.1. The minimum atomic E-state index is -3.43. The Morgan fingerprint density at radius 3 is 2.30 bits per heavy atom. The molecule has 2 saturated heterocycles. The molecule has 1 N–H and O–H groups in total. The van der Waals surface area contributed by atoms with E-state index < -0.39 is 10.0 Å². The summed E-state index contributed by atoms with van der Waals surface area (Å²) in [7, 11) is -3.43. The summed E-state index contributed by atoms with van der Waals surface area (Å²) in [6.45, 7) is 11.8. The van der Waals surface area contributed by atoms with Crippen molar-refractivity contribution < 1.29 is 8.42 Å². The van der Waals surface area contributed by atoms with Crippen LogP contribution in [0.15, 0.2) is 4.90 Å². The zero-order chi connectivity index (χ0) is 16.1. The van der Waals surface area contributed by atoms with Crippen molar-refractivity contribution >= 4 is 22.4 Å². The van der Waals surface area contributed by atoms with Gasteiger partial charge in [0.05, 0.1) is 11.4 Å². The molecule has 1 aromatic heterocycles. The Bertz CT molecular complexity index is 659. The zero-order valence-electron chi connectivity index (χ0n) is 14.2. The van der Waals surface area contributed by atoms with E-state index in [1.807, 2.05) is 11.6 Å². The second-order valence-corrected chi connectivity index (χ2v) is 8.95. The van der Waals surface area contributed by atoms with Crippen LogP contribution in [-0.4, -0.2) is 48.7 Å². The fraction of sp³-hybridized carbons (Fsp3) is 0.800. The molecule has 2 atom stereocenters. The lowest BCUT2D eigenvalue weighted by Crippen LogP contribution is -2.32. The van der Waals surface area contributed by atoms with Gasteiger partial charge in [-0.25, -0.2) is 8.42 Å². The summed E-state index contributed by atoms with van der Waals surface area (Å²) in [5.41, 5.74) is 1.38. The van der Waals surface area contributed by atoms with Crippen molar-refractivity contribution in [3.63, 3.8) is 0 Å². The Labute approximate surface area is 145 Å². The molecular weight excluding hydrogens is 336 g/mol. The van der Waals surface area contributed by atoms with Gasteiger partial charge in [-0.15, -0.1) is 12.4 Å². The summed E-state index contributed by atoms with van der Waals surface area (Å²) in [6, 6.07) is 0. The number of hydrogen-bond acceptors (Lipinski definition) is 4. The van der Waals surface area contributed by atoms with Crippen molar-refractivity contribution in [2.75, 3.05) is 26.2 Å². The molecule has 0 aromatic carbocycles. The quantitative estimate of drug-likeness (QED) is 0.879. The number of aryl methyl sites for hydroxylation is 1. The first kappa shape index (κ1) is 18.7. The third-order valence-corrected chi connectivity index (χ3v) is 6.89. The minimum absolute atomic E-state index is 0. The average molecular weight is 363 g/mol. The largest absolute Gasteiger partial charge is 0.316 e. The molecule has 0 spiro atoms. The highest BCUT2D eigenvalue weighted by Crippen LogP contribution is 2.32. The molecule has 8 heteroatoms. The molecule has 0 bridgehead atoms. The van der Waals surface area contributed by atoms with Crippen molar-refractivity contribution in [1.29, 1.82) is 0 Å². The third kappa shape index (κ3) is 3.29. The van der Waals surface area contributed by atoms with Gasteiger partial charge in [-0.05, 0) is 44.7 Å². The van der Waals surface area contributed by atoms with Crippen molar-refractivity contribution in [2.45, 2.75) is 39.1 Å². The van der Waals surface area contributed by atoms with Gasteiger partial charge in [0.2, 0.25) is 10.0 Å². The molecule has 0 unspecified atom stereocenters. The van der Waals surface area contributed by atoms with Gasteiger partial charge in [0.1, 0.15) is 4.90 Å². The molecule has 2 fully saturated rings. The molecule has 2 aliphatic rings. The van der Waals surface area contributed by atoms with E-state index in [-0.39, 0.29) is 12.4 Å². The summed E-state index contributed by atoms with van der Waals surface area (Å²) in [5.74, 6) is 1.35. The van der Waals surface area contributed by atoms with Crippen molar-refractivity contribution in [1.82, 2.24) is 19.4 Å². The van der Waals surface area contributed by atoms with E-state index >= 15 is 0 Å². The van der Waals surface area contributed by atoms with E-state index in [0.29, 0.717) is 41.4 Å². The van der Waals surface area contributed by atoms with Gasteiger partial charge >= 0.3 is 0 Å². The van der Waals surface area contributed by atoms with Crippen LogP contribution < -0.4 is 5.32 Å². The van der Waals surface area contributed by atoms with Crippen LogP contribution in [0.25, 0.3) is 0 Å². The fourth-order valence-electron chi connectivity index (χ4n) is 3.72. The first-order valence-corrected chi connectivity index (χ1v) is 9.49. The van der Waals surface area contributed by atoms with E-state index in [1.54, 1.807) is 11.2 Å². The number of rotatable bonds is 4. The summed E-state index contributed by atoms with van der Waals surface area (Å²) in [5, 5.41) is 7.81. The van der Waals surface area contributed by atoms with E-state index in [2.05, 4.69) is 24.3 Å². The van der Waals surface area contributed by atoms with Crippen LogP contribution in [0.4, 0.5) is 0 Å². The maximum atomic E-state index is 13.1. The molecule has 23 heavy (non-hydrogen) atoms. The Morgan fingerprint density at radius 1 is 1.22 bits per heavy atom. The molecule has 0 saturated carbocycles. The monoisotopic (exact) mass is 362 g/mol. The first-order chi connectivity index (χ1) is 10.3. The molecule has 0 aliphatic carbocycles. The van der Waals surface area contributed by atoms with Crippen molar-refractivity contribution in [3.8, 4) is 0 Å². The van der Waals surface area contributed by atoms with Crippen LogP contribution >= 0.6 is 12.4 Å². The molecule has 6 nitrogen and oxygen atoms in total. The molecule has 0 radical (unpaired) electrons. The first-order valence-electron chi connectivity index (χ1n) is 8.05. The molecule has 1 aromatic rings. The van der Waals surface area contributed by atoms with Gasteiger partial charge < -0.3 is 5.32 Å². The number of aromatic nitrogens is 2. The topological polar surface area (TPSA) is 67.2 Å². The summed E-state index contributed by atoms with van der Waals surface area (Å²) < 4.78 is 29.6. The predicted molar refractivity (Wildman–Crippen MR) is 92.4 cm³/mol. The molecule has 0 amide bonds. The Balaban J connectivity index is 0.00000192. The van der Waals surface area contributed by atoms with Crippen LogP contribution in [0.3, 0.4) is 0 Å². The van der Waals surface area contributed by atoms with E-state index in [1.165, 1.54) is 0 Å². The number of sulfonamides is 1. The lowest BCUT2D eigenvalue weighted by atomic mass is 10.0. The molecule has 132 valence electrons. The maximum Gasteiger partial charge on any atom is 0.246 e. The van der Waals surface area contributed by atoms with Gasteiger partial charge in [0, 0.05) is 19.6 Å². The SMILES string of the molecule is Cc1nn(CC(C)C)c(C)c1S(=O)(=O)N1C[C@H]2CNC[C@H]2C1.Cl. The molecule has 2 aliphatic heterocycles. The van der Waals surface area contributed by atoms with Gasteiger partial charge in [-0.3, -0.25) is 4.68 Å². The number of halogens is 1. The summed E-state index contributed by atoms with van der Waals surface area (Å²) in [4.78, 5) is 0.418. The Kier molecular flexibility index (Phi) is 5.45.